The fourth-order valence-electron chi connectivity index (χ4n) is 3.50. The Kier molecular flexibility index (Phi) is 7.69. The van der Waals surface area contributed by atoms with Crippen LogP contribution in [0.15, 0.2) is 42.5 Å². The number of halogens is 2. The third kappa shape index (κ3) is 5.38. The van der Waals surface area contributed by atoms with Gasteiger partial charge in [-0.2, -0.15) is 0 Å². The number of piperazine rings is 1. The van der Waals surface area contributed by atoms with E-state index >= 15 is 0 Å². The molecule has 2 heterocycles. The number of para-hydroxylation sites is 2. The summed E-state index contributed by atoms with van der Waals surface area (Å²) < 4.78 is 20.0. The van der Waals surface area contributed by atoms with Gasteiger partial charge in [0.2, 0.25) is 0 Å². The minimum Gasteiger partial charge on any atom is -0.492 e. The number of thiazole rings is 1. The predicted molar refractivity (Wildman–Crippen MR) is 125 cm³/mol. The molecule has 1 saturated heterocycles. The molecular weight excluding hydrogens is 455 g/mol. The number of nitrogens with one attached hydrogen (secondary N) is 1. The fraction of sp³-hybridized carbons (Fsp3) is 0.381. The zero-order chi connectivity index (χ0) is 19.3. The molecule has 3 aromatic rings. The zero-order valence-electron chi connectivity index (χ0n) is 16.4. The van der Waals surface area contributed by atoms with E-state index in [1.54, 1.807) is 6.07 Å². The highest BCUT2D eigenvalue weighted by Gasteiger charge is 2.19. The van der Waals surface area contributed by atoms with Crippen molar-refractivity contribution < 1.29 is 9.13 Å². The van der Waals surface area contributed by atoms with Crippen molar-refractivity contribution in [1.82, 2.24) is 9.88 Å². The van der Waals surface area contributed by atoms with Crippen LogP contribution in [-0.4, -0.2) is 55.8 Å². The van der Waals surface area contributed by atoms with Gasteiger partial charge in [0.25, 0.3) is 0 Å². The molecule has 29 heavy (non-hydrogen) atoms. The van der Waals surface area contributed by atoms with Crippen molar-refractivity contribution in [3.63, 3.8) is 0 Å². The largest absolute Gasteiger partial charge is 0.492 e. The topological polar surface area (TPSA) is 40.6 Å². The Morgan fingerprint density at radius 1 is 1.14 bits per heavy atom. The molecule has 0 bridgehead atoms. The van der Waals surface area contributed by atoms with Gasteiger partial charge in [0, 0.05) is 39.3 Å². The second-order valence-electron chi connectivity index (χ2n) is 6.79. The highest BCUT2D eigenvalue weighted by molar-refractivity contribution is 8.93. The quantitative estimate of drug-likeness (QED) is 0.532. The second-order valence-corrected chi connectivity index (χ2v) is 7.82. The lowest BCUT2D eigenvalue weighted by atomic mass is 10.2. The maximum atomic E-state index is 13.3. The fourth-order valence-corrected chi connectivity index (χ4v) is 4.42. The van der Waals surface area contributed by atoms with Crippen molar-refractivity contribution in [1.29, 1.82) is 0 Å². The van der Waals surface area contributed by atoms with Crippen LogP contribution in [0, 0.1) is 5.82 Å². The van der Waals surface area contributed by atoms with Gasteiger partial charge < -0.3 is 15.0 Å². The molecule has 0 aliphatic carbocycles. The molecule has 1 N–H and O–H groups in total. The summed E-state index contributed by atoms with van der Waals surface area (Å²) in [4.78, 5) is 9.37. The number of rotatable bonds is 7. The van der Waals surface area contributed by atoms with Crippen LogP contribution >= 0.6 is 28.3 Å². The average molecular weight is 481 g/mol. The van der Waals surface area contributed by atoms with Gasteiger partial charge in [-0.25, -0.2) is 9.37 Å². The summed E-state index contributed by atoms with van der Waals surface area (Å²) in [5, 5.41) is 4.23. The van der Waals surface area contributed by atoms with Gasteiger partial charge >= 0.3 is 0 Å². The Morgan fingerprint density at radius 2 is 1.93 bits per heavy atom. The molecule has 0 radical (unpaired) electrons. The molecule has 5 nitrogen and oxygen atoms in total. The number of fused-ring (bicyclic) bond motifs is 1. The van der Waals surface area contributed by atoms with Gasteiger partial charge in [-0.05, 0) is 37.3 Å². The van der Waals surface area contributed by atoms with E-state index in [2.05, 4.69) is 32.2 Å². The maximum absolute atomic E-state index is 13.3. The van der Waals surface area contributed by atoms with Crippen molar-refractivity contribution in [2.45, 2.75) is 6.92 Å². The van der Waals surface area contributed by atoms with E-state index in [0.29, 0.717) is 6.61 Å². The smallest absolute Gasteiger partial charge is 0.183 e. The Labute approximate surface area is 185 Å². The van der Waals surface area contributed by atoms with Crippen LogP contribution in [0.2, 0.25) is 0 Å². The Morgan fingerprint density at radius 3 is 2.72 bits per heavy atom. The monoisotopic (exact) mass is 480 g/mol. The van der Waals surface area contributed by atoms with Gasteiger partial charge in [0.15, 0.2) is 5.13 Å². The Hall–Kier alpha value is -1.90. The van der Waals surface area contributed by atoms with Crippen molar-refractivity contribution in [3.8, 4) is 5.75 Å². The first-order chi connectivity index (χ1) is 13.7. The van der Waals surface area contributed by atoms with Crippen LogP contribution in [-0.2, 0) is 0 Å². The molecule has 156 valence electrons. The number of ether oxygens (including phenoxy) is 1. The third-order valence-electron chi connectivity index (χ3n) is 4.93. The second kappa shape index (κ2) is 10.2. The Balaban J connectivity index is 0.00000240. The summed E-state index contributed by atoms with van der Waals surface area (Å²) >= 11 is 1.50. The van der Waals surface area contributed by atoms with E-state index in [-0.39, 0.29) is 22.8 Å². The molecule has 0 spiro atoms. The van der Waals surface area contributed by atoms with E-state index in [0.717, 1.165) is 60.4 Å². The third-order valence-corrected chi connectivity index (χ3v) is 5.91. The summed E-state index contributed by atoms with van der Waals surface area (Å²) in [5.74, 6) is 0.749. The molecule has 1 aliphatic heterocycles. The minimum absolute atomic E-state index is 0. The highest BCUT2D eigenvalue weighted by atomic mass is 79.9. The molecular formula is C21H26BrFN4OS. The number of anilines is 2. The van der Waals surface area contributed by atoms with E-state index in [1.807, 2.05) is 19.1 Å². The van der Waals surface area contributed by atoms with Gasteiger partial charge in [0.1, 0.15) is 11.6 Å². The molecule has 1 aliphatic rings. The molecule has 1 fully saturated rings. The molecule has 0 saturated carbocycles. The summed E-state index contributed by atoms with van der Waals surface area (Å²) in [5.41, 5.74) is 2.03. The normalized spacial score (nSPS) is 14.6. The van der Waals surface area contributed by atoms with Gasteiger partial charge in [-0.15, -0.1) is 17.0 Å². The molecule has 2 aromatic carbocycles. The highest BCUT2D eigenvalue weighted by Crippen LogP contribution is 2.29. The maximum Gasteiger partial charge on any atom is 0.183 e. The van der Waals surface area contributed by atoms with E-state index in [4.69, 9.17) is 4.74 Å². The molecule has 0 atom stereocenters. The molecule has 1 aromatic heterocycles. The van der Waals surface area contributed by atoms with Crippen LogP contribution in [0.4, 0.5) is 15.2 Å². The van der Waals surface area contributed by atoms with Crippen LogP contribution in [0.3, 0.4) is 0 Å². The molecule has 8 heteroatoms. The zero-order valence-corrected chi connectivity index (χ0v) is 19.0. The number of hydrogen-bond donors (Lipinski definition) is 1. The lowest BCUT2D eigenvalue weighted by Crippen LogP contribution is -2.47. The first-order valence-corrected chi connectivity index (χ1v) is 10.5. The van der Waals surface area contributed by atoms with E-state index in [1.165, 1.54) is 29.2 Å². The summed E-state index contributed by atoms with van der Waals surface area (Å²) in [6.07, 6.45) is 0. The molecule has 4 rings (SSSR count). The average Bonchev–Trinajstić information content (AvgIpc) is 3.11. The van der Waals surface area contributed by atoms with Gasteiger partial charge in [0.05, 0.1) is 22.5 Å². The SMILES string of the molecule is Br.CCOc1ccccc1N1CCN(CCNc2nc3ccc(F)cc3s2)CC1. The predicted octanol–water partition coefficient (Wildman–Crippen LogP) is 4.65. The Bertz CT molecular complexity index is 930. The number of hydrogen-bond acceptors (Lipinski definition) is 6. The lowest BCUT2D eigenvalue weighted by Gasteiger charge is -2.36. The van der Waals surface area contributed by atoms with Crippen molar-refractivity contribution in [2.24, 2.45) is 0 Å². The number of benzene rings is 2. The standard InChI is InChI=1S/C21H25FN4OS.BrH/c1-2-27-19-6-4-3-5-18(19)26-13-11-25(12-14-26)10-9-23-21-24-17-8-7-16(22)15-20(17)28-21;/h3-8,15H,2,9-14H2,1H3,(H,23,24);1H. The van der Waals surface area contributed by atoms with E-state index < -0.39 is 0 Å². The molecule has 0 amide bonds. The van der Waals surface area contributed by atoms with E-state index in [9.17, 15) is 4.39 Å². The lowest BCUT2D eigenvalue weighted by molar-refractivity contribution is 0.265. The van der Waals surface area contributed by atoms with Crippen LogP contribution in [0.25, 0.3) is 10.2 Å². The first kappa shape index (κ1) is 21.8. The summed E-state index contributed by atoms with van der Waals surface area (Å²) in [6.45, 7) is 8.52. The minimum atomic E-state index is -0.216. The summed E-state index contributed by atoms with van der Waals surface area (Å²) in [6, 6.07) is 13.0. The number of nitrogens with zero attached hydrogens (tertiary/aromatic N) is 3. The van der Waals surface area contributed by atoms with Crippen molar-refractivity contribution >= 4 is 49.4 Å². The van der Waals surface area contributed by atoms with Crippen LogP contribution in [0.5, 0.6) is 5.75 Å². The molecule has 0 unspecified atom stereocenters. The number of aromatic nitrogens is 1. The van der Waals surface area contributed by atoms with Gasteiger partial charge in [-0.3, -0.25) is 4.90 Å². The summed E-state index contributed by atoms with van der Waals surface area (Å²) in [7, 11) is 0. The van der Waals surface area contributed by atoms with Crippen LogP contribution in [0.1, 0.15) is 6.92 Å². The van der Waals surface area contributed by atoms with Crippen LogP contribution < -0.4 is 15.0 Å². The van der Waals surface area contributed by atoms with Crippen molar-refractivity contribution in [3.05, 3.63) is 48.3 Å². The van der Waals surface area contributed by atoms with Gasteiger partial charge in [-0.1, -0.05) is 23.5 Å². The first-order valence-electron chi connectivity index (χ1n) is 9.72. The van der Waals surface area contributed by atoms with Crippen molar-refractivity contribution in [2.75, 3.05) is 56.1 Å².